The van der Waals surface area contributed by atoms with Gasteiger partial charge in [0.05, 0.1) is 12.5 Å². The number of nitrogens with one attached hydrogen (secondary N) is 2. The summed E-state index contributed by atoms with van der Waals surface area (Å²) in [5.74, 6) is 2.98. The molecule has 1 amide bonds. The van der Waals surface area contributed by atoms with Gasteiger partial charge >= 0.3 is 0 Å². The molecule has 2 N–H and O–H groups in total. The van der Waals surface area contributed by atoms with Crippen molar-refractivity contribution in [1.29, 1.82) is 0 Å². The van der Waals surface area contributed by atoms with E-state index in [0.717, 1.165) is 50.5 Å². The summed E-state index contributed by atoms with van der Waals surface area (Å²) >= 11 is 0. The Morgan fingerprint density at radius 1 is 1.20 bits per heavy atom. The quantitative estimate of drug-likeness (QED) is 0.763. The summed E-state index contributed by atoms with van der Waals surface area (Å²) in [7, 11) is 0. The highest BCUT2D eigenvalue weighted by molar-refractivity contribution is 5.78. The van der Waals surface area contributed by atoms with Gasteiger partial charge in [0.2, 0.25) is 5.91 Å². The van der Waals surface area contributed by atoms with Gasteiger partial charge in [0.1, 0.15) is 11.6 Å². The molecule has 2 fully saturated rings. The lowest BCUT2D eigenvalue weighted by molar-refractivity contribution is -0.137. The lowest BCUT2D eigenvalue weighted by atomic mass is 9.80. The zero-order valence-electron chi connectivity index (χ0n) is 18.3. The van der Waals surface area contributed by atoms with E-state index in [2.05, 4.69) is 56.2 Å². The third-order valence-corrected chi connectivity index (χ3v) is 6.67. The molecule has 0 saturated carbocycles. The highest BCUT2D eigenvalue weighted by Crippen LogP contribution is 2.29. The molecule has 0 bridgehead atoms. The van der Waals surface area contributed by atoms with E-state index >= 15 is 0 Å². The second kappa shape index (κ2) is 9.27. The van der Waals surface area contributed by atoms with E-state index in [1.54, 1.807) is 0 Å². The monoisotopic (exact) mass is 410 g/mol. The number of hydrogen-bond acceptors (Lipinski definition) is 5. The SMILES string of the molecule is Cc1nc(C)n(CC(C)C(=O)N2CCC(C3NNCC3Cc3ccccc3)CC2)n1. The molecule has 4 rings (SSSR count). The number of carbonyl (C=O) groups excluding carboxylic acids is 1. The van der Waals surface area contributed by atoms with E-state index in [0.29, 0.717) is 24.4 Å². The Morgan fingerprint density at radius 2 is 1.93 bits per heavy atom. The van der Waals surface area contributed by atoms with Crippen molar-refractivity contribution >= 4 is 5.91 Å². The zero-order valence-corrected chi connectivity index (χ0v) is 18.3. The van der Waals surface area contributed by atoms with Crippen LogP contribution in [0.3, 0.4) is 0 Å². The first kappa shape index (κ1) is 21.0. The highest BCUT2D eigenvalue weighted by atomic mass is 16.2. The molecule has 162 valence electrons. The molecular formula is C23H34N6O. The maximum absolute atomic E-state index is 13.0. The van der Waals surface area contributed by atoms with Gasteiger partial charge in [-0.3, -0.25) is 15.6 Å². The number of nitrogens with zero attached hydrogens (tertiary/aromatic N) is 4. The highest BCUT2D eigenvalue weighted by Gasteiger charge is 2.36. The smallest absolute Gasteiger partial charge is 0.227 e. The van der Waals surface area contributed by atoms with Gasteiger partial charge in [-0.1, -0.05) is 37.3 Å². The van der Waals surface area contributed by atoms with Crippen LogP contribution in [0.15, 0.2) is 30.3 Å². The molecule has 2 aliphatic rings. The summed E-state index contributed by atoms with van der Waals surface area (Å²) in [4.78, 5) is 19.4. The lowest BCUT2D eigenvalue weighted by Crippen LogP contribution is -2.47. The van der Waals surface area contributed by atoms with Crippen molar-refractivity contribution in [2.24, 2.45) is 17.8 Å². The van der Waals surface area contributed by atoms with Crippen molar-refractivity contribution in [1.82, 2.24) is 30.5 Å². The third kappa shape index (κ3) is 4.73. The van der Waals surface area contributed by atoms with E-state index < -0.39 is 0 Å². The van der Waals surface area contributed by atoms with Crippen molar-refractivity contribution in [3.63, 3.8) is 0 Å². The molecular weight excluding hydrogens is 376 g/mol. The largest absolute Gasteiger partial charge is 0.342 e. The van der Waals surface area contributed by atoms with Gasteiger partial charge in [-0.05, 0) is 50.5 Å². The van der Waals surface area contributed by atoms with Gasteiger partial charge in [0.25, 0.3) is 0 Å². The fraction of sp³-hybridized carbons (Fsp3) is 0.609. The molecule has 1 aromatic carbocycles. The third-order valence-electron chi connectivity index (χ3n) is 6.67. The van der Waals surface area contributed by atoms with Crippen LogP contribution >= 0.6 is 0 Å². The van der Waals surface area contributed by atoms with Crippen molar-refractivity contribution < 1.29 is 4.79 Å². The van der Waals surface area contributed by atoms with Crippen molar-refractivity contribution in [2.45, 2.75) is 52.6 Å². The molecule has 7 heteroatoms. The van der Waals surface area contributed by atoms with Crippen LogP contribution in [-0.4, -0.2) is 51.2 Å². The number of carbonyl (C=O) groups is 1. The van der Waals surface area contributed by atoms with Crippen LogP contribution in [-0.2, 0) is 17.8 Å². The van der Waals surface area contributed by atoms with Crippen LogP contribution in [0.2, 0.25) is 0 Å². The lowest BCUT2D eigenvalue weighted by Gasteiger charge is -2.37. The van der Waals surface area contributed by atoms with E-state index in [9.17, 15) is 4.79 Å². The van der Waals surface area contributed by atoms with Crippen LogP contribution in [0.5, 0.6) is 0 Å². The van der Waals surface area contributed by atoms with Crippen LogP contribution in [0, 0.1) is 31.6 Å². The van der Waals surface area contributed by atoms with Gasteiger partial charge in [0, 0.05) is 25.7 Å². The predicted molar refractivity (Wildman–Crippen MR) is 117 cm³/mol. The van der Waals surface area contributed by atoms with Gasteiger partial charge in [0.15, 0.2) is 0 Å². The zero-order chi connectivity index (χ0) is 21.1. The van der Waals surface area contributed by atoms with Crippen molar-refractivity contribution in [3.8, 4) is 0 Å². The number of rotatable bonds is 6. The van der Waals surface area contributed by atoms with E-state index in [4.69, 9.17) is 0 Å². The fourth-order valence-electron chi connectivity index (χ4n) is 5.03. The number of aryl methyl sites for hydroxylation is 2. The van der Waals surface area contributed by atoms with Crippen molar-refractivity contribution in [3.05, 3.63) is 47.5 Å². The summed E-state index contributed by atoms with van der Waals surface area (Å²) in [5, 5.41) is 4.40. The Hall–Kier alpha value is -2.25. The minimum absolute atomic E-state index is 0.0848. The first-order valence-electron chi connectivity index (χ1n) is 11.2. The van der Waals surface area contributed by atoms with Gasteiger partial charge in [-0.15, -0.1) is 0 Å². The molecule has 7 nitrogen and oxygen atoms in total. The number of hydrazine groups is 1. The Balaban J connectivity index is 1.29. The average Bonchev–Trinajstić information content (AvgIpc) is 3.34. The molecule has 30 heavy (non-hydrogen) atoms. The Labute approximate surface area is 179 Å². The molecule has 3 heterocycles. The van der Waals surface area contributed by atoms with Gasteiger partial charge in [-0.2, -0.15) is 5.10 Å². The molecule has 2 aliphatic heterocycles. The standard InChI is InChI=1S/C23H34N6O/c1-16(15-29-18(3)25-17(2)27-29)23(30)28-11-9-20(10-12-28)22-21(14-24-26-22)13-19-7-5-4-6-8-19/h4-8,16,20-22,24,26H,9-15H2,1-3H3. The summed E-state index contributed by atoms with van der Waals surface area (Å²) < 4.78 is 1.85. The molecule has 2 aromatic rings. The summed E-state index contributed by atoms with van der Waals surface area (Å²) in [6, 6.07) is 11.2. The minimum atomic E-state index is -0.0848. The molecule has 0 radical (unpaired) electrons. The Bertz CT molecular complexity index is 843. The summed E-state index contributed by atoms with van der Waals surface area (Å²) in [6.45, 7) is 9.13. The average molecular weight is 411 g/mol. The number of piperidine rings is 1. The van der Waals surface area contributed by atoms with Crippen LogP contribution < -0.4 is 10.9 Å². The normalized spacial score (nSPS) is 23.6. The topological polar surface area (TPSA) is 75.1 Å². The second-order valence-electron chi connectivity index (χ2n) is 8.95. The van der Waals surface area contributed by atoms with E-state index in [-0.39, 0.29) is 11.8 Å². The summed E-state index contributed by atoms with van der Waals surface area (Å²) in [6.07, 6.45) is 3.22. The fourth-order valence-corrected chi connectivity index (χ4v) is 5.03. The van der Waals surface area contributed by atoms with Gasteiger partial charge < -0.3 is 4.90 Å². The molecule has 3 unspecified atom stereocenters. The second-order valence-corrected chi connectivity index (χ2v) is 8.95. The van der Waals surface area contributed by atoms with E-state index in [1.165, 1.54) is 5.56 Å². The van der Waals surface area contributed by atoms with Gasteiger partial charge in [-0.25, -0.2) is 9.67 Å². The van der Waals surface area contributed by atoms with Crippen LogP contribution in [0.25, 0.3) is 0 Å². The number of amides is 1. The molecule has 2 saturated heterocycles. The first-order chi connectivity index (χ1) is 14.5. The molecule has 1 aromatic heterocycles. The van der Waals surface area contributed by atoms with E-state index in [1.807, 2.05) is 25.5 Å². The number of benzene rings is 1. The predicted octanol–water partition coefficient (Wildman–Crippen LogP) is 2.10. The Morgan fingerprint density at radius 3 is 2.60 bits per heavy atom. The first-order valence-corrected chi connectivity index (χ1v) is 11.2. The number of likely N-dealkylation sites (tertiary alicyclic amines) is 1. The summed E-state index contributed by atoms with van der Waals surface area (Å²) in [5.41, 5.74) is 8.31. The Kier molecular flexibility index (Phi) is 6.49. The molecule has 0 spiro atoms. The number of hydrogen-bond donors (Lipinski definition) is 2. The van der Waals surface area contributed by atoms with Crippen LogP contribution in [0.1, 0.15) is 37.0 Å². The van der Waals surface area contributed by atoms with Crippen LogP contribution in [0.4, 0.5) is 0 Å². The molecule has 3 atom stereocenters. The minimum Gasteiger partial charge on any atom is -0.342 e. The molecule has 0 aliphatic carbocycles. The maximum atomic E-state index is 13.0. The van der Waals surface area contributed by atoms with Crippen molar-refractivity contribution in [2.75, 3.05) is 19.6 Å². The maximum Gasteiger partial charge on any atom is 0.227 e. The number of aromatic nitrogens is 3.